The van der Waals surface area contributed by atoms with Gasteiger partial charge in [-0.3, -0.25) is 9.59 Å². The Bertz CT molecular complexity index is 654. The average Bonchev–Trinajstić information content (AvgIpc) is 2.60. The van der Waals surface area contributed by atoms with Crippen molar-refractivity contribution < 1.29 is 14.9 Å². The first-order chi connectivity index (χ1) is 11.1. The molecule has 5 nitrogen and oxygen atoms in total. The number of carbonyl (C=O) groups is 2. The third-order valence-corrected chi connectivity index (χ3v) is 3.64. The highest BCUT2D eigenvalue weighted by atomic mass is 16.2. The van der Waals surface area contributed by atoms with Crippen LogP contribution in [0.3, 0.4) is 0 Å². The highest BCUT2D eigenvalue weighted by molar-refractivity contribution is 5.95. The molecule has 2 aromatic carbocycles. The van der Waals surface area contributed by atoms with E-state index in [0.29, 0.717) is 17.8 Å². The molecule has 120 valence electrons. The van der Waals surface area contributed by atoms with Gasteiger partial charge in [-0.05, 0) is 31.2 Å². The molecular weight excluding hydrogens is 290 g/mol. The average molecular weight is 312 g/mol. The van der Waals surface area contributed by atoms with Crippen molar-refractivity contribution in [3.8, 4) is 0 Å². The van der Waals surface area contributed by atoms with Gasteiger partial charge in [0.2, 0.25) is 0 Å². The van der Waals surface area contributed by atoms with Crippen molar-refractivity contribution in [3.63, 3.8) is 0 Å². The minimum Gasteiger partial charge on any atom is -0.355 e. The van der Waals surface area contributed by atoms with Crippen LogP contribution in [0.1, 0.15) is 28.9 Å². The zero-order valence-electron chi connectivity index (χ0n) is 13.4. The van der Waals surface area contributed by atoms with E-state index in [4.69, 9.17) is 0 Å². The zero-order valence-corrected chi connectivity index (χ0v) is 13.4. The van der Waals surface area contributed by atoms with Crippen LogP contribution >= 0.6 is 0 Å². The van der Waals surface area contributed by atoms with Gasteiger partial charge in [-0.1, -0.05) is 30.3 Å². The molecule has 0 spiro atoms. The molecule has 0 saturated heterocycles. The SMILES string of the molecule is CNC(=O)c1ccc(NC(=O)C[NH2+][C@@H](C)c2ccccc2)cc1. The minimum atomic E-state index is -0.145. The van der Waals surface area contributed by atoms with E-state index in [1.54, 1.807) is 31.3 Å². The maximum absolute atomic E-state index is 12.0. The van der Waals surface area contributed by atoms with Gasteiger partial charge in [-0.15, -0.1) is 0 Å². The van der Waals surface area contributed by atoms with Crippen molar-refractivity contribution in [3.05, 3.63) is 65.7 Å². The summed E-state index contributed by atoms with van der Waals surface area (Å²) < 4.78 is 0. The first-order valence-corrected chi connectivity index (χ1v) is 7.60. The van der Waals surface area contributed by atoms with E-state index in [2.05, 4.69) is 29.7 Å². The van der Waals surface area contributed by atoms with Crippen LogP contribution in [0.5, 0.6) is 0 Å². The fourth-order valence-corrected chi connectivity index (χ4v) is 2.24. The number of nitrogens with two attached hydrogens (primary N) is 1. The van der Waals surface area contributed by atoms with Crippen LogP contribution in [0.15, 0.2) is 54.6 Å². The van der Waals surface area contributed by atoms with Gasteiger partial charge in [-0.2, -0.15) is 0 Å². The highest BCUT2D eigenvalue weighted by Gasteiger charge is 2.11. The molecule has 2 amide bonds. The van der Waals surface area contributed by atoms with Gasteiger partial charge in [0.25, 0.3) is 11.8 Å². The minimum absolute atomic E-state index is 0.0690. The van der Waals surface area contributed by atoms with Crippen LogP contribution in [-0.4, -0.2) is 25.4 Å². The summed E-state index contributed by atoms with van der Waals surface area (Å²) in [5.41, 5.74) is 2.44. The van der Waals surface area contributed by atoms with E-state index < -0.39 is 0 Å². The van der Waals surface area contributed by atoms with Gasteiger partial charge in [0.1, 0.15) is 6.04 Å². The lowest BCUT2D eigenvalue weighted by Crippen LogP contribution is -2.86. The molecule has 2 rings (SSSR count). The Hall–Kier alpha value is -2.66. The molecule has 0 bridgehead atoms. The summed E-state index contributed by atoms with van der Waals surface area (Å²) in [6.45, 7) is 2.41. The molecule has 0 saturated carbocycles. The van der Waals surface area contributed by atoms with Crippen molar-refractivity contribution in [1.29, 1.82) is 0 Å². The lowest BCUT2D eigenvalue weighted by atomic mass is 10.1. The largest absolute Gasteiger partial charge is 0.355 e. The summed E-state index contributed by atoms with van der Waals surface area (Å²) in [6, 6.07) is 17.1. The molecule has 0 aliphatic rings. The second kappa shape index (κ2) is 8.10. The lowest BCUT2D eigenvalue weighted by Gasteiger charge is -2.11. The molecule has 23 heavy (non-hydrogen) atoms. The molecule has 1 atom stereocenters. The number of hydrogen-bond acceptors (Lipinski definition) is 2. The molecule has 0 radical (unpaired) electrons. The molecule has 0 aliphatic heterocycles. The Kier molecular flexibility index (Phi) is 5.88. The number of quaternary nitrogens is 1. The van der Waals surface area contributed by atoms with Crippen LogP contribution in [0, 0.1) is 0 Å². The molecule has 4 N–H and O–H groups in total. The predicted octanol–water partition coefficient (Wildman–Crippen LogP) is 1.31. The molecule has 0 aliphatic carbocycles. The summed E-state index contributed by atoms with van der Waals surface area (Å²) in [4.78, 5) is 23.5. The van der Waals surface area contributed by atoms with Crippen molar-refractivity contribution in [2.24, 2.45) is 0 Å². The zero-order chi connectivity index (χ0) is 16.7. The Morgan fingerprint density at radius 1 is 1.04 bits per heavy atom. The molecule has 0 aromatic heterocycles. The van der Waals surface area contributed by atoms with Crippen LogP contribution in [0.2, 0.25) is 0 Å². The van der Waals surface area contributed by atoms with E-state index in [9.17, 15) is 9.59 Å². The van der Waals surface area contributed by atoms with Gasteiger partial charge in [0, 0.05) is 23.9 Å². The van der Waals surface area contributed by atoms with Crippen molar-refractivity contribution in [2.75, 3.05) is 18.9 Å². The van der Waals surface area contributed by atoms with Gasteiger partial charge < -0.3 is 16.0 Å². The Morgan fingerprint density at radius 3 is 2.30 bits per heavy atom. The maximum atomic E-state index is 12.0. The second-order valence-electron chi connectivity index (χ2n) is 5.34. The van der Waals surface area contributed by atoms with E-state index in [-0.39, 0.29) is 17.9 Å². The molecule has 0 fully saturated rings. The molecule has 5 heteroatoms. The quantitative estimate of drug-likeness (QED) is 0.752. The Balaban J connectivity index is 1.84. The summed E-state index contributed by atoms with van der Waals surface area (Å²) in [5.74, 6) is -0.214. The number of rotatable bonds is 6. The number of nitrogens with one attached hydrogen (secondary N) is 2. The number of anilines is 1. The summed E-state index contributed by atoms with van der Waals surface area (Å²) >= 11 is 0. The summed E-state index contributed by atoms with van der Waals surface area (Å²) in [7, 11) is 1.59. The number of amides is 2. The van der Waals surface area contributed by atoms with Crippen molar-refractivity contribution >= 4 is 17.5 Å². The van der Waals surface area contributed by atoms with E-state index >= 15 is 0 Å². The first-order valence-electron chi connectivity index (χ1n) is 7.60. The predicted molar refractivity (Wildman–Crippen MR) is 90.1 cm³/mol. The maximum Gasteiger partial charge on any atom is 0.279 e. The second-order valence-corrected chi connectivity index (χ2v) is 5.34. The highest BCUT2D eigenvalue weighted by Crippen LogP contribution is 2.09. The van der Waals surface area contributed by atoms with Crippen LogP contribution in [0.4, 0.5) is 5.69 Å². The van der Waals surface area contributed by atoms with Crippen molar-refractivity contribution in [1.82, 2.24) is 5.32 Å². The van der Waals surface area contributed by atoms with Gasteiger partial charge in [-0.25, -0.2) is 0 Å². The van der Waals surface area contributed by atoms with Crippen LogP contribution < -0.4 is 16.0 Å². The third kappa shape index (κ3) is 4.93. The number of hydrogen-bond donors (Lipinski definition) is 3. The van der Waals surface area contributed by atoms with Crippen LogP contribution in [0.25, 0.3) is 0 Å². The van der Waals surface area contributed by atoms with E-state index in [1.807, 2.05) is 23.5 Å². The van der Waals surface area contributed by atoms with Crippen LogP contribution in [-0.2, 0) is 4.79 Å². The topological polar surface area (TPSA) is 74.8 Å². The monoisotopic (exact) mass is 312 g/mol. The Morgan fingerprint density at radius 2 is 1.70 bits per heavy atom. The summed E-state index contributed by atoms with van der Waals surface area (Å²) in [5, 5.41) is 7.38. The van der Waals surface area contributed by atoms with Gasteiger partial charge in [0.05, 0.1) is 0 Å². The standard InChI is InChI=1S/C18H21N3O2/c1-13(14-6-4-3-5-7-14)20-12-17(22)21-16-10-8-15(9-11-16)18(23)19-2/h3-11,13,20H,12H2,1-2H3,(H,19,23)(H,21,22)/p+1/t13-/m0/s1. The van der Waals surface area contributed by atoms with Gasteiger partial charge in [0.15, 0.2) is 6.54 Å². The molecule has 0 heterocycles. The van der Waals surface area contributed by atoms with E-state index in [0.717, 1.165) is 0 Å². The smallest absolute Gasteiger partial charge is 0.279 e. The molecule has 2 aromatic rings. The fraction of sp³-hybridized carbons (Fsp3) is 0.222. The fourth-order valence-electron chi connectivity index (χ4n) is 2.24. The molecule has 0 unspecified atom stereocenters. The lowest BCUT2D eigenvalue weighted by molar-refractivity contribution is -0.682. The van der Waals surface area contributed by atoms with E-state index in [1.165, 1.54) is 5.56 Å². The summed E-state index contributed by atoms with van der Waals surface area (Å²) in [6.07, 6.45) is 0. The normalized spacial score (nSPS) is 11.6. The number of benzene rings is 2. The van der Waals surface area contributed by atoms with Crippen molar-refractivity contribution in [2.45, 2.75) is 13.0 Å². The Labute approximate surface area is 136 Å². The van der Waals surface area contributed by atoms with Gasteiger partial charge >= 0.3 is 0 Å². The third-order valence-electron chi connectivity index (χ3n) is 3.64. The number of carbonyl (C=O) groups excluding carboxylic acids is 2. The molecular formula is C18H22N3O2+. The first kappa shape index (κ1) is 16.7.